The number of hydrogen-bond acceptors (Lipinski definition) is 4. The highest BCUT2D eigenvalue weighted by Gasteiger charge is 2.15. The molecule has 0 aliphatic heterocycles. The lowest BCUT2D eigenvalue weighted by molar-refractivity contribution is 0.0951. The van der Waals surface area contributed by atoms with E-state index in [0.717, 1.165) is 0 Å². The van der Waals surface area contributed by atoms with Crippen molar-refractivity contribution in [3.05, 3.63) is 5.69 Å². The molecule has 11 heavy (non-hydrogen) atoms. The lowest BCUT2D eigenvalue weighted by atomic mass is 10.4. The number of nitrogens with zero attached hydrogens (tertiary/aromatic N) is 3. The van der Waals surface area contributed by atoms with Crippen LogP contribution in [0.15, 0.2) is 0 Å². The number of amides is 1. The van der Waals surface area contributed by atoms with E-state index in [2.05, 4.69) is 15.6 Å². The maximum Gasteiger partial charge on any atom is 0.274 e. The summed E-state index contributed by atoms with van der Waals surface area (Å²) in [7, 11) is 2.99. The van der Waals surface area contributed by atoms with E-state index in [-0.39, 0.29) is 11.6 Å². The van der Waals surface area contributed by atoms with Crippen molar-refractivity contribution in [1.82, 2.24) is 20.3 Å². The number of aromatic hydroxyl groups is 1. The maximum absolute atomic E-state index is 10.9. The van der Waals surface area contributed by atoms with Crippen molar-refractivity contribution in [2.75, 3.05) is 7.05 Å². The van der Waals surface area contributed by atoms with Crippen LogP contribution in [0.1, 0.15) is 10.5 Å². The summed E-state index contributed by atoms with van der Waals surface area (Å²) < 4.78 is 1.20. The van der Waals surface area contributed by atoms with Crippen molar-refractivity contribution >= 4 is 5.91 Å². The summed E-state index contributed by atoms with van der Waals surface area (Å²) in [4.78, 5) is 10.9. The molecular formula is C5H8N4O2. The van der Waals surface area contributed by atoms with E-state index in [1.807, 2.05) is 0 Å². The van der Waals surface area contributed by atoms with Gasteiger partial charge in [0, 0.05) is 14.1 Å². The van der Waals surface area contributed by atoms with Gasteiger partial charge in [-0.05, 0) is 0 Å². The Labute approximate surface area is 62.8 Å². The van der Waals surface area contributed by atoms with Gasteiger partial charge in [0.2, 0.25) is 0 Å². The molecule has 1 heterocycles. The molecule has 0 saturated heterocycles. The Morgan fingerprint density at radius 1 is 1.73 bits per heavy atom. The van der Waals surface area contributed by atoms with E-state index in [4.69, 9.17) is 5.11 Å². The third-order valence-corrected chi connectivity index (χ3v) is 1.25. The molecule has 0 aromatic carbocycles. The maximum atomic E-state index is 10.9. The van der Waals surface area contributed by atoms with Gasteiger partial charge in [0.05, 0.1) is 0 Å². The van der Waals surface area contributed by atoms with E-state index < -0.39 is 5.91 Å². The molecule has 0 saturated carbocycles. The smallest absolute Gasteiger partial charge is 0.274 e. The second-order valence-corrected chi connectivity index (χ2v) is 1.96. The number of hydrogen-bond donors (Lipinski definition) is 2. The van der Waals surface area contributed by atoms with Gasteiger partial charge in [-0.15, -0.1) is 0 Å². The zero-order chi connectivity index (χ0) is 8.43. The predicted molar refractivity (Wildman–Crippen MR) is 36.1 cm³/mol. The predicted octanol–water partition coefficient (Wildman–Crippen LogP) is -1.12. The molecule has 0 fully saturated rings. The van der Waals surface area contributed by atoms with Crippen LogP contribution >= 0.6 is 0 Å². The minimum absolute atomic E-state index is 0.0625. The number of aryl methyl sites for hydroxylation is 1. The fourth-order valence-corrected chi connectivity index (χ4v) is 0.713. The zero-order valence-corrected chi connectivity index (χ0v) is 6.20. The van der Waals surface area contributed by atoms with Gasteiger partial charge in [-0.25, -0.2) is 4.68 Å². The van der Waals surface area contributed by atoms with Crippen molar-refractivity contribution < 1.29 is 9.90 Å². The van der Waals surface area contributed by atoms with Gasteiger partial charge in [-0.1, -0.05) is 10.3 Å². The van der Waals surface area contributed by atoms with Gasteiger partial charge in [-0.2, -0.15) is 0 Å². The highest BCUT2D eigenvalue weighted by Crippen LogP contribution is 2.09. The molecule has 1 aromatic rings. The van der Waals surface area contributed by atoms with Crippen LogP contribution in [0.25, 0.3) is 0 Å². The molecule has 60 valence electrons. The van der Waals surface area contributed by atoms with Crippen LogP contribution in [0.2, 0.25) is 0 Å². The number of nitrogens with one attached hydrogen (secondary N) is 1. The monoisotopic (exact) mass is 156 g/mol. The van der Waals surface area contributed by atoms with E-state index >= 15 is 0 Å². The van der Waals surface area contributed by atoms with Crippen molar-refractivity contribution in [2.45, 2.75) is 0 Å². The molecule has 1 amide bonds. The Bertz CT molecular complexity index is 261. The third kappa shape index (κ3) is 1.14. The van der Waals surface area contributed by atoms with Crippen LogP contribution in [0.5, 0.6) is 5.88 Å². The summed E-state index contributed by atoms with van der Waals surface area (Å²) in [5, 5.41) is 18.1. The molecule has 0 aliphatic rings. The molecule has 1 rings (SSSR count). The lowest BCUT2D eigenvalue weighted by Gasteiger charge is -1.97. The summed E-state index contributed by atoms with van der Waals surface area (Å²) in [6.45, 7) is 0. The third-order valence-electron chi connectivity index (χ3n) is 1.25. The molecule has 0 spiro atoms. The molecular weight excluding hydrogens is 148 g/mol. The van der Waals surface area contributed by atoms with Gasteiger partial charge in [0.25, 0.3) is 11.8 Å². The molecule has 0 bridgehead atoms. The largest absolute Gasteiger partial charge is 0.491 e. The molecule has 0 radical (unpaired) electrons. The van der Waals surface area contributed by atoms with Crippen molar-refractivity contribution in [1.29, 1.82) is 0 Å². The number of carbonyl (C=O) groups excluding carboxylic acids is 1. The van der Waals surface area contributed by atoms with Gasteiger partial charge in [0.1, 0.15) is 0 Å². The molecule has 0 atom stereocenters. The Morgan fingerprint density at radius 3 is 2.73 bits per heavy atom. The van der Waals surface area contributed by atoms with Crippen LogP contribution in [0, 0.1) is 0 Å². The van der Waals surface area contributed by atoms with Crippen LogP contribution < -0.4 is 5.32 Å². The van der Waals surface area contributed by atoms with Gasteiger partial charge >= 0.3 is 0 Å². The van der Waals surface area contributed by atoms with Gasteiger partial charge in [0.15, 0.2) is 5.69 Å². The Morgan fingerprint density at radius 2 is 2.36 bits per heavy atom. The first-order valence-electron chi connectivity index (χ1n) is 2.97. The van der Waals surface area contributed by atoms with Crippen LogP contribution in [0.3, 0.4) is 0 Å². The van der Waals surface area contributed by atoms with E-state index in [1.165, 1.54) is 18.8 Å². The van der Waals surface area contributed by atoms with Gasteiger partial charge in [-0.3, -0.25) is 4.79 Å². The fraction of sp³-hybridized carbons (Fsp3) is 0.400. The summed E-state index contributed by atoms with van der Waals surface area (Å²) >= 11 is 0. The Kier molecular flexibility index (Phi) is 1.75. The van der Waals surface area contributed by atoms with Crippen molar-refractivity contribution in [3.8, 4) is 5.88 Å². The molecule has 1 aromatic heterocycles. The minimum Gasteiger partial charge on any atom is -0.491 e. The van der Waals surface area contributed by atoms with E-state index in [1.54, 1.807) is 0 Å². The number of aromatic nitrogens is 3. The fourth-order valence-electron chi connectivity index (χ4n) is 0.713. The number of carbonyl (C=O) groups is 1. The second-order valence-electron chi connectivity index (χ2n) is 1.96. The first-order chi connectivity index (χ1) is 5.16. The van der Waals surface area contributed by atoms with Crippen molar-refractivity contribution in [2.24, 2.45) is 7.05 Å². The standard InChI is InChI=1S/C5H8N4O2/c1-6-4(10)3-5(11)7-8-9(3)2/h11H,1-2H3,(H,6,10). The minimum atomic E-state index is -0.407. The highest BCUT2D eigenvalue weighted by molar-refractivity contribution is 5.94. The van der Waals surface area contributed by atoms with E-state index in [9.17, 15) is 4.79 Å². The van der Waals surface area contributed by atoms with Gasteiger partial charge < -0.3 is 10.4 Å². The first-order valence-corrected chi connectivity index (χ1v) is 2.97. The Balaban J connectivity index is 3.10. The molecule has 6 heteroatoms. The quantitative estimate of drug-likeness (QED) is 0.539. The Hall–Kier alpha value is -1.59. The second kappa shape index (κ2) is 2.57. The molecule has 0 aliphatic carbocycles. The summed E-state index contributed by atoms with van der Waals surface area (Å²) in [6, 6.07) is 0. The van der Waals surface area contributed by atoms with Crippen LogP contribution in [0.4, 0.5) is 0 Å². The molecule has 2 N–H and O–H groups in total. The average Bonchev–Trinajstić information content (AvgIpc) is 2.30. The summed E-state index contributed by atoms with van der Waals surface area (Å²) in [5.41, 5.74) is 0.0625. The zero-order valence-electron chi connectivity index (χ0n) is 6.20. The molecule has 6 nitrogen and oxygen atoms in total. The SMILES string of the molecule is CNC(=O)c1c(O)nnn1C. The van der Waals surface area contributed by atoms with Crippen LogP contribution in [-0.2, 0) is 7.05 Å². The topological polar surface area (TPSA) is 80.0 Å². The normalized spacial score (nSPS) is 9.64. The first kappa shape index (κ1) is 7.52. The lowest BCUT2D eigenvalue weighted by Crippen LogP contribution is -2.21. The summed E-state index contributed by atoms with van der Waals surface area (Å²) in [5.74, 6) is -0.762. The molecule has 0 unspecified atom stereocenters. The number of rotatable bonds is 1. The van der Waals surface area contributed by atoms with Crippen molar-refractivity contribution in [3.63, 3.8) is 0 Å². The summed E-state index contributed by atoms with van der Waals surface area (Å²) in [6.07, 6.45) is 0. The van der Waals surface area contributed by atoms with E-state index in [0.29, 0.717) is 0 Å². The van der Waals surface area contributed by atoms with Crippen LogP contribution in [-0.4, -0.2) is 33.1 Å². The highest BCUT2D eigenvalue weighted by atomic mass is 16.3. The average molecular weight is 156 g/mol.